The topological polar surface area (TPSA) is 152 Å². The molecule has 7 aliphatic rings. The van der Waals surface area contributed by atoms with Crippen LogP contribution in [-0.4, -0.2) is 103 Å². The van der Waals surface area contributed by atoms with Crippen molar-refractivity contribution in [3.8, 4) is 0 Å². The van der Waals surface area contributed by atoms with Gasteiger partial charge in [0.05, 0.1) is 23.2 Å². The molecule has 2 heterocycles. The molecule has 2 bridgehead atoms. The highest BCUT2D eigenvalue weighted by molar-refractivity contribution is 7.91. The first-order valence-corrected chi connectivity index (χ1v) is 27.6. The number of allylic oxidation sites excluding steroid dienone is 3. The van der Waals surface area contributed by atoms with Gasteiger partial charge in [-0.1, -0.05) is 95.3 Å². The Bertz CT molecular complexity index is 2340. The number of aliphatic hydroxyl groups is 2. The molecule has 2 aromatic rings. The summed E-state index contributed by atoms with van der Waals surface area (Å²) in [5.41, 5.74) is 5.38. The number of ether oxygens (including phenoxy) is 3. The number of sulfone groups is 1. The van der Waals surface area contributed by atoms with E-state index < -0.39 is 46.4 Å². The minimum absolute atomic E-state index is 0.0244. The Hall–Kier alpha value is -3.39. The quantitative estimate of drug-likeness (QED) is 0.147. The number of aliphatic hydroxyl groups excluding tert-OH is 2. The number of carbonyl (C=O) groups is 2. The third-order valence-electron chi connectivity index (χ3n) is 19.8. The third-order valence-corrected chi connectivity index (χ3v) is 21.4. The van der Waals surface area contributed by atoms with Crippen LogP contribution in [-0.2, 0) is 35.4 Å². The van der Waals surface area contributed by atoms with E-state index in [-0.39, 0.29) is 51.7 Å². The molecule has 11 nitrogen and oxygen atoms in total. The SMILES string of the molecule is C=C(C)[C@@H]1CC[C@]2(NCCN3CCS(=O)(=O)CC3)CC[C@]3(C)[C@H](CCC4C[C@@]3(C)CCC3C(C)(C)C(c5ccc(C(=O)O[C@H]6C[C@@H](O)[C@H](O)[C@@H](C(=O)OCc7ccccc7)O6)cc5)=CC[C@]43C)C12. The first kappa shape index (κ1) is 49.6. The minimum atomic E-state index is -2.90. The van der Waals surface area contributed by atoms with Gasteiger partial charge in [-0.2, -0.15) is 0 Å². The Balaban J connectivity index is 0.884. The predicted octanol–water partition coefficient (Wildman–Crippen LogP) is 8.54. The number of carbonyl (C=O) groups excluding carboxylic acids is 2. The van der Waals surface area contributed by atoms with Crippen LogP contribution >= 0.6 is 0 Å². The van der Waals surface area contributed by atoms with Crippen LogP contribution in [0.3, 0.4) is 0 Å². The molecule has 12 heteroatoms. The van der Waals surface area contributed by atoms with Gasteiger partial charge >= 0.3 is 11.9 Å². The van der Waals surface area contributed by atoms with E-state index in [9.17, 15) is 28.2 Å². The molecule has 9 rings (SSSR count). The average Bonchev–Trinajstić information content (AvgIpc) is 3.57. The van der Waals surface area contributed by atoms with E-state index in [1.165, 1.54) is 68.9 Å². The normalized spacial score (nSPS) is 39.7. The zero-order valence-electron chi connectivity index (χ0n) is 41.5. The van der Waals surface area contributed by atoms with Crippen LogP contribution in [0, 0.1) is 51.2 Å². The summed E-state index contributed by atoms with van der Waals surface area (Å²) in [5, 5.41) is 25.4. The maximum absolute atomic E-state index is 13.5. The molecule has 3 N–H and O–H groups in total. The number of hydrogen-bond donors (Lipinski definition) is 3. The zero-order valence-corrected chi connectivity index (χ0v) is 42.3. The first-order valence-electron chi connectivity index (χ1n) is 25.8. The minimum Gasteiger partial charge on any atom is -0.459 e. The fourth-order valence-corrected chi connectivity index (χ4v) is 16.9. The van der Waals surface area contributed by atoms with Gasteiger partial charge in [0.2, 0.25) is 6.29 Å². The molecule has 13 atom stereocenters. The maximum Gasteiger partial charge on any atom is 0.340 e. The summed E-state index contributed by atoms with van der Waals surface area (Å²) in [6.07, 6.45) is 8.68. The number of esters is 2. The highest BCUT2D eigenvalue weighted by Gasteiger charge is 2.66. The Morgan fingerprint density at radius 1 is 0.912 bits per heavy atom. The molecule has 2 aromatic carbocycles. The van der Waals surface area contributed by atoms with Gasteiger partial charge in [-0.25, -0.2) is 18.0 Å². The van der Waals surface area contributed by atoms with Crippen LogP contribution in [0.2, 0.25) is 0 Å². The fraction of sp³-hybridized carbons (Fsp3) is 0.679. The van der Waals surface area contributed by atoms with Gasteiger partial charge in [0.15, 0.2) is 15.9 Å². The second-order valence-electron chi connectivity index (χ2n) is 23.7. The van der Waals surface area contributed by atoms with Gasteiger partial charge in [-0.15, -0.1) is 0 Å². The van der Waals surface area contributed by atoms with E-state index in [0.717, 1.165) is 30.6 Å². The predicted molar refractivity (Wildman–Crippen MR) is 264 cm³/mol. The number of nitrogens with one attached hydrogen (secondary N) is 1. The van der Waals surface area contributed by atoms with Crippen LogP contribution in [0.15, 0.2) is 72.8 Å². The lowest BCUT2D eigenvalue weighted by Crippen LogP contribution is -2.62. The van der Waals surface area contributed by atoms with Gasteiger partial charge in [0, 0.05) is 38.1 Å². The molecule has 4 saturated carbocycles. The molecular formula is C56H78N2O9S. The van der Waals surface area contributed by atoms with Crippen LogP contribution in [0.4, 0.5) is 0 Å². The van der Waals surface area contributed by atoms with Crippen molar-refractivity contribution in [1.82, 2.24) is 10.2 Å². The monoisotopic (exact) mass is 955 g/mol. The number of benzene rings is 2. The molecule has 0 aromatic heterocycles. The van der Waals surface area contributed by atoms with Gasteiger partial charge in [-0.05, 0) is 151 Å². The van der Waals surface area contributed by atoms with Crippen molar-refractivity contribution in [1.29, 1.82) is 0 Å². The van der Waals surface area contributed by atoms with Gasteiger partial charge in [0.1, 0.15) is 12.7 Å². The third kappa shape index (κ3) is 8.99. The first-order chi connectivity index (χ1) is 32.2. The number of nitrogens with zero attached hydrogens (tertiary/aromatic N) is 1. The summed E-state index contributed by atoms with van der Waals surface area (Å²) in [7, 11) is -2.90. The largest absolute Gasteiger partial charge is 0.459 e. The molecule has 5 aliphatic carbocycles. The van der Waals surface area contributed by atoms with Crippen LogP contribution < -0.4 is 5.32 Å². The Morgan fingerprint density at radius 3 is 2.34 bits per heavy atom. The van der Waals surface area contributed by atoms with Crippen molar-refractivity contribution < 1.29 is 42.4 Å². The second-order valence-corrected chi connectivity index (χ2v) is 26.0. The van der Waals surface area contributed by atoms with Crippen molar-refractivity contribution >= 4 is 27.3 Å². The standard InChI is InChI=1S/C56H78N2O9S/c1-36(2)41-19-24-56(57-27-28-58-29-31-68(63,64)32-30-58)26-25-55(7)43(47(41)56)18-17-40-34-53(55,5)22-21-45-52(3,4)42(20-23-54(40,45)6)38-13-15-39(16-14-38)50(61)67-46-33-44(59)48(60)49(66-46)51(62)65-35-37-11-9-8-10-12-37/h8-16,20,40-41,43-49,57,59-60H,1,17-19,21-35H2,2-7H3/t40?,41-,43+,44+,45?,46-,47?,48-,49-,53+,54+,55+,56-/m0/s1. The van der Waals surface area contributed by atoms with Crippen molar-refractivity contribution in [2.75, 3.05) is 37.7 Å². The second kappa shape index (κ2) is 18.7. The molecule has 3 unspecified atom stereocenters. The molecule has 0 amide bonds. The van der Waals surface area contributed by atoms with E-state index in [4.69, 9.17) is 14.2 Å². The number of rotatable bonds is 11. The van der Waals surface area contributed by atoms with Gasteiger partial charge in [-0.3, -0.25) is 0 Å². The molecule has 68 heavy (non-hydrogen) atoms. The Kier molecular flexibility index (Phi) is 13.6. The molecular weight excluding hydrogens is 877 g/mol. The maximum atomic E-state index is 13.5. The summed E-state index contributed by atoms with van der Waals surface area (Å²) in [5.74, 6) is 1.83. The molecule has 6 fully saturated rings. The van der Waals surface area contributed by atoms with E-state index in [2.05, 4.69) is 64.4 Å². The molecule has 2 saturated heterocycles. The van der Waals surface area contributed by atoms with Crippen LogP contribution in [0.5, 0.6) is 0 Å². The van der Waals surface area contributed by atoms with E-state index in [1.54, 1.807) is 12.1 Å². The van der Waals surface area contributed by atoms with Gasteiger partial charge < -0.3 is 34.6 Å². The summed E-state index contributed by atoms with van der Waals surface area (Å²) in [4.78, 5) is 28.8. The van der Waals surface area contributed by atoms with Crippen LogP contribution in [0.1, 0.15) is 134 Å². The van der Waals surface area contributed by atoms with Crippen molar-refractivity contribution in [2.24, 2.45) is 51.2 Å². The van der Waals surface area contributed by atoms with E-state index in [1.807, 2.05) is 42.5 Å². The van der Waals surface area contributed by atoms with E-state index >= 15 is 0 Å². The molecule has 2 aliphatic heterocycles. The summed E-state index contributed by atoms with van der Waals surface area (Å²) < 4.78 is 41.1. The Morgan fingerprint density at radius 2 is 1.63 bits per heavy atom. The average molecular weight is 955 g/mol. The van der Waals surface area contributed by atoms with Crippen LogP contribution in [0.25, 0.3) is 5.57 Å². The highest BCUT2D eigenvalue weighted by Crippen LogP contribution is 2.73. The fourth-order valence-electron chi connectivity index (χ4n) is 15.6. The lowest BCUT2D eigenvalue weighted by atomic mass is 9.46. The Labute approximate surface area is 405 Å². The lowest BCUT2D eigenvalue weighted by Gasteiger charge is -2.61. The molecule has 0 spiro atoms. The number of fused-ring (bicyclic) bond motifs is 8. The summed E-state index contributed by atoms with van der Waals surface area (Å²) in [6, 6.07) is 16.7. The van der Waals surface area contributed by atoms with Crippen molar-refractivity contribution in [3.05, 3.63) is 89.5 Å². The summed E-state index contributed by atoms with van der Waals surface area (Å²) >= 11 is 0. The summed E-state index contributed by atoms with van der Waals surface area (Å²) in [6.45, 7) is 22.8. The molecule has 0 radical (unpaired) electrons. The van der Waals surface area contributed by atoms with E-state index in [0.29, 0.717) is 48.2 Å². The van der Waals surface area contributed by atoms with Crippen molar-refractivity contribution in [2.45, 2.75) is 149 Å². The smallest absolute Gasteiger partial charge is 0.340 e. The van der Waals surface area contributed by atoms with Gasteiger partial charge in [0.25, 0.3) is 0 Å². The molecule has 372 valence electrons. The lowest BCUT2D eigenvalue weighted by molar-refractivity contribution is -0.239. The zero-order chi connectivity index (χ0) is 48.4. The van der Waals surface area contributed by atoms with Crippen molar-refractivity contribution in [3.63, 3.8) is 0 Å². The number of hydrogen-bond acceptors (Lipinski definition) is 11. The highest BCUT2D eigenvalue weighted by atomic mass is 32.2.